The number of carbonyl (C=O) groups excluding carboxylic acids is 2. The summed E-state index contributed by atoms with van der Waals surface area (Å²) in [5.41, 5.74) is 0.738. The van der Waals surface area contributed by atoms with Gasteiger partial charge in [0.05, 0.1) is 12.5 Å². The fourth-order valence-corrected chi connectivity index (χ4v) is 4.34. The molecule has 138 valence electrons. The zero-order valence-electron chi connectivity index (χ0n) is 14.0. The molecule has 1 aliphatic heterocycles. The molecule has 0 radical (unpaired) electrons. The fourth-order valence-electron chi connectivity index (χ4n) is 2.49. The minimum absolute atomic E-state index is 0.0828. The van der Waals surface area contributed by atoms with Gasteiger partial charge in [-0.3, -0.25) is 9.59 Å². The van der Waals surface area contributed by atoms with Gasteiger partial charge in [0.15, 0.2) is 4.34 Å². The van der Waals surface area contributed by atoms with Crippen LogP contribution in [0.2, 0.25) is 5.02 Å². The molecule has 10 heteroatoms. The maximum atomic E-state index is 12.5. The molecule has 26 heavy (non-hydrogen) atoms. The second-order valence-electron chi connectivity index (χ2n) is 5.59. The molecule has 0 saturated carbocycles. The Labute approximate surface area is 164 Å². The number of methoxy groups -OCH3 is 1. The zero-order chi connectivity index (χ0) is 18.5. The average Bonchev–Trinajstić information content (AvgIpc) is 3.23. The van der Waals surface area contributed by atoms with Crippen molar-refractivity contribution in [2.45, 2.75) is 10.8 Å². The Hall–Kier alpha value is -1.68. The van der Waals surface area contributed by atoms with Crippen LogP contribution < -0.4 is 10.2 Å². The van der Waals surface area contributed by atoms with Crippen LogP contribution in [0.4, 0.5) is 10.8 Å². The Morgan fingerprint density at radius 1 is 1.42 bits per heavy atom. The maximum Gasteiger partial charge on any atom is 0.231 e. The monoisotopic (exact) mass is 412 g/mol. The van der Waals surface area contributed by atoms with Crippen molar-refractivity contribution in [1.82, 2.24) is 10.2 Å². The van der Waals surface area contributed by atoms with Crippen molar-refractivity contribution in [2.24, 2.45) is 5.92 Å². The molecule has 1 saturated heterocycles. The number of aromatic nitrogens is 2. The third-order valence-electron chi connectivity index (χ3n) is 3.78. The highest BCUT2D eigenvalue weighted by Gasteiger charge is 2.35. The summed E-state index contributed by atoms with van der Waals surface area (Å²) in [6.07, 6.45) is 0.169. The largest absolute Gasteiger partial charge is 0.384 e. The molecule has 1 atom stereocenters. The number of benzene rings is 1. The maximum absolute atomic E-state index is 12.5. The van der Waals surface area contributed by atoms with E-state index in [1.165, 1.54) is 23.1 Å². The van der Waals surface area contributed by atoms with Crippen molar-refractivity contribution in [2.75, 3.05) is 36.2 Å². The first-order valence-electron chi connectivity index (χ1n) is 7.89. The summed E-state index contributed by atoms with van der Waals surface area (Å²) in [5, 5.41) is 11.8. The molecule has 1 aromatic carbocycles. The van der Waals surface area contributed by atoms with E-state index in [4.69, 9.17) is 16.3 Å². The number of amides is 2. The lowest BCUT2D eigenvalue weighted by Gasteiger charge is -2.16. The van der Waals surface area contributed by atoms with Crippen molar-refractivity contribution in [1.29, 1.82) is 0 Å². The van der Waals surface area contributed by atoms with Crippen LogP contribution in [0.15, 0.2) is 28.6 Å². The lowest BCUT2D eigenvalue weighted by atomic mass is 10.1. The van der Waals surface area contributed by atoms with Gasteiger partial charge in [-0.25, -0.2) is 0 Å². The Morgan fingerprint density at radius 3 is 2.92 bits per heavy atom. The molecule has 0 bridgehead atoms. The van der Waals surface area contributed by atoms with Crippen molar-refractivity contribution in [3.63, 3.8) is 0 Å². The SMILES string of the molecule is COCCSc1nnc(NC(=O)[C@H]2CC(=O)N(c3ccc(Cl)cc3)C2)s1. The average molecular weight is 413 g/mol. The van der Waals surface area contributed by atoms with E-state index in [0.717, 1.165) is 15.8 Å². The minimum Gasteiger partial charge on any atom is -0.384 e. The molecule has 0 unspecified atom stereocenters. The summed E-state index contributed by atoms with van der Waals surface area (Å²) in [6.45, 7) is 0.956. The predicted molar refractivity (Wildman–Crippen MR) is 103 cm³/mol. The molecular weight excluding hydrogens is 396 g/mol. The molecule has 3 rings (SSSR count). The standard InChI is InChI=1S/C16H17ClN4O3S2/c1-24-6-7-25-16-20-19-15(26-16)18-14(23)10-8-13(22)21(9-10)12-4-2-11(17)3-5-12/h2-5,10H,6-9H2,1H3,(H,18,19,23)/t10-/m0/s1. The van der Waals surface area contributed by atoms with Crippen LogP contribution >= 0.6 is 34.7 Å². The van der Waals surface area contributed by atoms with Gasteiger partial charge in [-0.1, -0.05) is 34.7 Å². The number of hydrogen-bond acceptors (Lipinski definition) is 7. The van der Waals surface area contributed by atoms with Crippen molar-refractivity contribution in [3.05, 3.63) is 29.3 Å². The molecule has 7 nitrogen and oxygen atoms in total. The molecule has 1 fully saturated rings. The molecule has 1 N–H and O–H groups in total. The van der Waals surface area contributed by atoms with Crippen molar-refractivity contribution in [3.8, 4) is 0 Å². The number of halogens is 1. The number of carbonyl (C=O) groups is 2. The van der Waals surface area contributed by atoms with E-state index >= 15 is 0 Å². The Balaban J connectivity index is 1.57. The molecule has 1 aromatic heterocycles. The number of hydrogen-bond donors (Lipinski definition) is 1. The van der Waals surface area contributed by atoms with Gasteiger partial charge in [0.1, 0.15) is 0 Å². The Morgan fingerprint density at radius 2 is 2.19 bits per heavy atom. The highest BCUT2D eigenvalue weighted by molar-refractivity contribution is 8.01. The van der Waals surface area contributed by atoms with Crippen molar-refractivity contribution < 1.29 is 14.3 Å². The summed E-state index contributed by atoms with van der Waals surface area (Å²) in [5.74, 6) is 0.0401. The van der Waals surface area contributed by atoms with Crippen LogP contribution in [0.3, 0.4) is 0 Å². The van der Waals surface area contributed by atoms with E-state index in [9.17, 15) is 9.59 Å². The molecular formula is C16H17ClN4O3S2. The molecule has 0 spiro atoms. The molecule has 0 aliphatic carbocycles. The minimum atomic E-state index is -0.424. The van der Waals surface area contributed by atoms with E-state index < -0.39 is 5.92 Å². The third-order valence-corrected chi connectivity index (χ3v) is 5.97. The highest BCUT2D eigenvalue weighted by Crippen LogP contribution is 2.29. The van der Waals surface area contributed by atoms with Gasteiger partial charge >= 0.3 is 0 Å². The molecule has 2 amide bonds. The number of ether oxygens (including phenoxy) is 1. The normalized spacial score (nSPS) is 16.9. The highest BCUT2D eigenvalue weighted by atomic mass is 35.5. The summed E-state index contributed by atoms with van der Waals surface area (Å²) < 4.78 is 5.75. The molecule has 1 aliphatic rings. The first kappa shape index (κ1) is 19.1. The van der Waals surface area contributed by atoms with Gasteiger partial charge in [-0.15, -0.1) is 10.2 Å². The lowest BCUT2D eigenvalue weighted by molar-refractivity contribution is -0.122. The van der Waals surface area contributed by atoms with E-state index in [2.05, 4.69) is 15.5 Å². The zero-order valence-corrected chi connectivity index (χ0v) is 16.4. The van der Waals surface area contributed by atoms with E-state index in [-0.39, 0.29) is 18.2 Å². The van der Waals surface area contributed by atoms with Gasteiger partial charge in [0.25, 0.3) is 0 Å². The van der Waals surface area contributed by atoms with Crippen LogP contribution in [0.5, 0.6) is 0 Å². The van der Waals surface area contributed by atoms with Crippen molar-refractivity contribution >= 4 is 57.3 Å². The smallest absolute Gasteiger partial charge is 0.231 e. The van der Waals surface area contributed by atoms with Crippen LogP contribution in [-0.4, -0.2) is 48.0 Å². The Kier molecular flexibility index (Phi) is 6.47. The first-order valence-corrected chi connectivity index (χ1v) is 10.1. The molecule has 2 aromatic rings. The van der Waals surface area contributed by atoms with E-state index in [1.54, 1.807) is 36.3 Å². The number of rotatable bonds is 7. The van der Waals surface area contributed by atoms with E-state index in [1.807, 2.05) is 0 Å². The number of thioether (sulfide) groups is 1. The number of nitrogens with one attached hydrogen (secondary N) is 1. The topological polar surface area (TPSA) is 84.4 Å². The van der Waals surface area contributed by atoms with Crippen LogP contribution in [0.25, 0.3) is 0 Å². The van der Waals surface area contributed by atoms with Gasteiger partial charge in [0, 0.05) is 36.5 Å². The summed E-state index contributed by atoms with van der Waals surface area (Å²) in [4.78, 5) is 26.3. The fraction of sp³-hybridized carbons (Fsp3) is 0.375. The quantitative estimate of drug-likeness (QED) is 0.427. The van der Waals surface area contributed by atoms with Gasteiger partial charge in [-0.05, 0) is 24.3 Å². The number of nitrogens with zero attached hydrogens (tertiary/aromatic N) is 3. The summed E-state index contributed by atoms with van der Waals surface area (Å²) in [7, 11) is 1.64. The number of anilines is 2. The second kappa shape index (κ2) is 8.81. The second-order valence-corrected chi connectivity index (χ2v) is 8.34. The van der Waals surface area contributed by atoms with Gasteiger partial charge in [-0.2, -0.15) is 0 Å². The summed E-state index contributed by atoms with van der Waals surface area (Å²) >= 11 is 8.71. The first-order chi connectivity index (χ1) is 12.6. The lowest BCUT2D eigenvalue weighted by Crippen LogP contribution is -2.28. The van der Waals surface area contributed by atoms with Crippen LogP contribution in [-0.2, 0) is 14.3 Å². The van der Waals surface area contributed by atoms with Crippen LogP contribution in [0.1, 0.15) is 6.42 Å². The summed E-state index contributed by atoms with van der Waals surface area (Å²) in [6, 6.07) is 6.99. The van der Waals surface area contributed by atoms with Gasteiger partial charge < -0.3 is 15.0 Å². The van der Waals surface area contributed by atoms with Gasteiger partial charge in [0.2, 0.25) is 16.9 Å². The third kappa shape index (κ3) is 4.73. The Bertz CT molecular complexity index is 784. The predicted octanol–water partition coefficient (Wildman–Crippen LogP) is 2.92. The van der Waals surface area contributed by atoms with E-state index in [0.29, 0.717) is 23.3 Å². The van der Waals surface area contributed by atoms with Crippen LogP contribution in [0, 0.1) is 5.92 Å². The molecule has 2 heterocycles.